The lowest BCUT2D eigenvalue weighted by Crippen LogP contribution is -2.16. The van der Waals surface area contributed by atoms with E-state index in [0.717, 1.165) is 5.56 Å². The van der Waals surface area contributed by atoms with Gasteiger partial charge >= 0.3 is 11.9 Å². The molecule has 0 spiro atoms. The van der Waals surface area contributed by atoms with Crippen molar-refractivity contribution in [1.29, 1.82) is 0 Å². The van der Waals surface area contributed by atoms with E-state index in [9.17, 15) is 14.4 Å². The van der Waals surface area contributed by atoms with Gasteiger partial charge in [0.15, 0.2) is 0 Å². The molecule has 0 amide bonds. The van der Waals surface area contributed by atoms with E-state index in [2.05, 4.69) is 0 Å². The van der Waals surface area contributed by atoms with Gasteiger partial charge in [0.2, 0.25) is 0 Å². The smallest absolute Gasteiger partial charge is 0.339 e. The van der Waals surface area contributed by atoms with Crippen molar-refractivity contribution in [3.8, 4) is 0 Å². The van der Waals surface area contributed by atoms with E-state index in [1.807, 2.05) is 18.2 Å². The normalized spacial score (nSPS) is 17.5. The van der Waals surface area contributed by atoms with Crippen LogP contribution in [0, 0.1) is 0 Å². The summed E-state index contributed by atoms with van der Waals surface area (Å²) in [4.78, 5) is 34.1. The molecule has 2 rings (SSSR count). The van der Waals surface area contributed by atoms with Gasteiger partial charge in [-0.05, 0) is 32.8 Å². The highest BCUT2D eigenvalue weighted by molar-refractivity contribution is 5.93. The molecule has 0 saturated carbocycles. The summed E-state index contributed by atoms with van der Waals surface area (Å²) in [6.07, 6.45) is 0.968. The number of hydrogen-bond donors (Lipinski definition) is 0. The van der Waals surface area contributed by atoms with Crippen molar-refractivity contribution in [2.75, 3.05) is 0 Å². The highest BCUT2D eigenvalue weighted by atomic mass is 16.6. The van der Waals surface area contributed by atoms with E-state index < -0.39 is 0 Å². The average molecular weight is 304 g/mol. The highest BCUT2D eigenvalue weighted by Crippen LogP contribution is 2.34. The minimum absolute atomic E-state index is 0.0286. The van der Waals surface area contributed by atoms with Crippen LogP contribution in [0.4, 0.5) is 0 Å². The summed E-state index contributed by atoms with van der Waals surface area (Å²) in [6.45, 7) is 3.25. The van der Waals surface area contributed by atoms with Gasteiger partial charge < -0.3 is 14.3 Å². The largest absolute Gasteiger partial charge is 0.463 e. The van der Waals surface area contributed by atoms with E-state index >= 15 is 0 Å². The number of cyclic esters (lactones) is 1. The maximum absolute atomic E-state index is 11.7. The zero-order valence-corrected chi connectivity index (χ0v) is 12.8. The fourth-order valence-corrected chi connectivity index (χ4v) is 2.44. The molecule has 1 heterocycles. The van der Waals surface area contributed by atoms with E-state index in [0.29, 0.717) is 18.4 Å². The lowest BCUT2D eigenvalue weighted by Gasteiger charge is -2.16. The molecule has 5 nitrogen and oxygen atoms in total. The van der Waals surface area contributed by atoms with Gasteiger partial charge in [0, 0.05) is 12.0 Å². The minimum atomic E-state index is -0.369. The fourth-order valence-electron chi connectivity index (χ4n) is 2.44. The number of fused-ring (bicyclic) bond motifs is 1. The molecule has 0 N–H and O–H groups in total. The quantitative estimate of drug-likeness (QED) is 0.724. The lowest BCUT2D eigenvalue weighted by atomic mass is 10.0. The molecule has 2 unspecified atom stereocenters. The SMILES string of the molecule is CC(=O)CCC(=O)OC(C)CCC1OC(=O)c2ccccc21. The Hall–Kier alpha value is -2.17. The van der Waals surface area contributed by atoms with Crippen LogP contribution in [0.1, 0.15) is 61.6 Å². The number of carbonyl (C=O) groups excluding carboxylic acids is 3. The molecule has 0 bridgehead atoms. The summed E-state index contributed by atoms with van der Waals surface area (Å²) in [5.41, 5.74) is 1.50. The molecule has 1 aromatic carbocycles. The number of hydrogen-bond acceptors (Lipinski definition) is 5. The summed E-state index contributed by atoms with van der Waals surface area (Å²) in [6, 6.07) is 7.32. The fraction of sp³-hybridized carbons (Fsp3) is 0.471. The highest BCUT2D eigenvalue weighted by Gasteiger charge is 2.30. The molecular weight excluding hydrogens is 284 g/mol. The van der Waals surface area contributed by atoms with E-state index in [1.165, 1.54) is 6.92 Å². The molecule has 5 heteroatoms. The second-order valence-electron chi connectivity index (χ2n) is 5.56. The molecule has 0 aromatic heterocycles. The third-order valence-corrected chi connectivity index (χ3v) is 3.63. The van der Waals surface area contributed by atoms with Crippen molar-refractivity contribution in [3.05, 3.63) is 35.4 Å². The third-order valence-electron chi connectivity index (χ3n) is 3.63. The Kier molecular flexibility index (Phi) is 5.31. The summed E-state index contributed by atoms with van der Waals surface area (Å²) in [7, 11) is 0. The second-order valence-corrected chi connectivity index (χ2v) is 5.56. The topological polar surface area (TPSA) is 69.7 Å². The molecule has 0 fully saturated rings. The molecule has 0 aliphatic carbocycles. The van der Waals surface area contributed by atoms with Gasteiger partial charge in [0.1, 0.15) is 11.9 Å². The van der Waals surface area contributed by atoms with Crippen LogP contribution in [-0.2, 0) is 19.1 Å². The first kappa shape index (κ1) is 16.2. The van der Waals surface area contributed by atoms with Crippen LogP contribution in [0.5, 0.6) is 0 Å². The third kappa shape index (κ3) is 4.16. The van der Waals surface area contributed by atoms with Crippen molar-refractivity contribution < 1.29 is 23.9 Å². The van der Waals surface area contributed by atoms with Crippen LogP contribution in [0.2, 0.25) is 0 Å². The van der Waals surface area contributed by atoms with Gasteiger partial charge in [-0.1, -0.05) is 18.2 Å². The molecule has 1 aliphatic heterocycles. The summed E-state index contributed by atoms with van der Waals surface area (Å²) >= 11 is 0. The van der Waals surface area contributed by atoms with Crippen LogP contribution in [-0.4, -0.2) is 23.8 Å². The maximum Gasteiger partial charge on any atom is 0.339 e. The molecule has 1 aliphatic rings. The van der Waals surface area contributed by atoms with Crippen molar-refractivity contribution in [2.45, 2.75) is 51.7 Å². The first-order valence-corrected chi connectivity index (χ1v) is 7.46. The Morgan fingerprint density at radius 3 is 2.73 bits per heavy atom. The molecule has 2 atom stereocenters. The maximum atomic E-state index is 11.7. The average Bonchev–Trinajstić information content (AvgIpc) is 2.80. The predicted molar refractivity (Wildman–Crippen MR) is 79.3 cm³/mol. The van der Waals surface area contributed by atoms with Crippen molar-refractivity contribution in [2.24, 2.45) is 0 Å². The number of carbonyl (C=O) groups is 3. The first-order valence-electron chi connectivity index (χ1n) is 7.46. The van der Waals surface area contributed by atoms with Crippen LogP contribution in [0.3, 0.4) is 0 Å². The van der Waals surface area contributed by atoms with Gasteiger partial charge in [-0.25, -0.2) is 4.79 Å². The summed E-state index contributed by atoms with van der Waals surface area (Å²) in [5.74, 6) is -0.697. The van der Waals surface area contributed by atoms with Gasteiger partial charge in [-0.2, -0.15) is 0 Å². The summed E-state index contributed by atoms with van der Waals surface area (Å²) < 4.78 is 10.6. The lowest BCUT2D eigenvalue weighted by molar-refractivity contribution is -0.149. The second kappa shape index (κ2) is 7.20. The number of ketones is 1. The number of Topliss-reactive ketones (excluding diaryl/α,β-unsaturated/α-hetero) is 1. The van der Waals surface area contributed by atoms with E-state index in [-0.39, 0.29) is 42.8 Å². The molecule has 118 valence electrons. The van der Waals surface area contributed by atoms with E-state index in [4.69, 9.17) is 9.47 Å². The number of esters is 2. The van der Waals surface area contributed by atoms with Gasteiger partial charge in [0.05, 0.1) is 18.1 Å². The van der Waals surface area contributed by atoms with Gasteiger partial charge in [0.25, 0.3) is 0 Å². The van der Waals surface area contributed by atoms with Crippen molar-refractivity contribution >= 4 is 17.7 Å². The Bertz CT molecular complexity index is 578. The molecule has 0 radical (unpaired) electrons. The minimum Gasteiger partial charge on any atom is -0.463 e. The first-order chi connectivity index (χ1) is 10.5. The van der Waals surface area contributed by atoms with E-state index in [1.54, 1.807) is 13.0 Å². The molecule has 0 saturated heterocycles. The molecule has 22 heavy (non-hydrogen) atoms. The van der Waals surface area contributed by atoms with Crippen LogP contribution in [0.15, 0.2) is 24.3 Å². The standard InChI is InChI=1S/C17H20O5/c1-11(18)7-10-16(19)21-12(2)8-9-15-13-5-3-4-6-14(13)17(20)22-15/h3-6,12,15H,7-10H2,1-2H3. The predicted octanol–water partition coefficient (Wildman–Crippen LogP) is 2.98. The Balaban J connectivity index is 1.80. The monoisotopic (exact) mass is 304 g/mol. The Labute approximate surface area is 129 Å². The Morgan fingerprint density at radius 1 is 1.27 bits per heavy atom. The van der Waals surface area contributed by atoms with Crippen molar-refractivity contribution in [1.82, 2.24) is 0 Å². The number of ether oxygens (including phenoxy) is 2. The van der Waals surface area contributed by atoms with Gasteiger partial charge in [-0.3, -0.25) is 4.79 Å². The van der Waals surface area contributed by atoms with Crippen LogP contribution < -0.4 is 0 Å². The zero-order chi connectivity index (χ0) is 16.1. The van der Waals surface area contributed by atoms with Gasteiger partial charge in [-0.15, -0.1) is 0 Å². The Morgan fingerprint density at radius 2 is 2.00 bits per heavy atom. The number of rotatable bonds is 7. The molecule has 1 aromatic rings. The number of benzene rings is 1. The van der Waals surface area contributed by atoms with Crippen LogP contribution in [0.25, 0.3) is 0 Å². The summed E-state index contributed by atoms with van der Waals surface area (Å²) in [5, 5.41) is 0. The molecular formula is C17H20O5. The zero-order valence-electron chi connectivity index (χ0n) is 12.8. The van der Waals surface area contributed by atoms with Crippen molar-refractivity contribution in [3.63, 3.8) is 0 Å². The van der Waals surface area contributed by atoms with Crippen LogP contribution >= 0.6 is 0 Å².